The van der Waals surface area contributed by atoms with E-state index in [1.54, 1.807) is 0 Å². The van der Waals surface area contributed by atoms with E-state index in [2.05, 4.69) is 63.0 Å². The average molecular weight is 309 g/mol. The van der Waals surface area contributed by atoms with E-state index >= 15 is 0 Å². The van der Waals surface area contributed by atoms with Crippen LogP contribution in [0.3, 0.4) is 0 Å². The first-order chi connectivity index (χ1) is 9.78. The van der Waals surface area contributed by atoms with Gasteiger partial charge in [0.05, 0.1) is 0 Å². The monoisotopic (exact) mass is 308 g/mol. The second kappa shape index (κ2) is 6.58. The molecule has 0 spiro atoms. The third-order valence-electron chi connectivity index (χ3n) is 4.25. The van der Waals surface area contributed by atoms with Gasteiger partial charge in [-0.05, 0) is 57.2 Å². The number of nitrogens with zero attached hydrogens (tertiary/aromatic N) is 1. The molecule has 1 unspecified atom stereocenters. The topological polar surface area (TPSA) is 15.3 Å². The molecule has 1 N–H and O–H groups in total. The van der Waals surface area contributed by atoms with Crippen LogP contribution in [0.5, 0.6) is 0 Å². The molecule has 0 bridgehead atoms. The van der Waals surface area contributed by atoms with Gasteiger partial charge in [-0.2, -0.15) is 0 Å². The average Bonchev–Trinajstić information content (AvgIpc) is 2.85. The van der Waals surface area contributed by atoms with Crippen molar-refractivity contribution in [1.82, 2.24) is 5.32 Å². The summed E-state index contributed by atoms with van der Waals surface area (Å²) < 4.78 is 0. The summed E-state index contributed by atoms with van der Waals surface area (Å²) in [5, 5.41) is 4.37. The molecule has 0 aromatic heterocycles. The van der Waals surface area contributed by atoms with Gasteiger partial charge in [0, 0.05) is 35.4 Å². The maximum Gasteiger partial charge on any atom is 0.0471 e. The van der Waals surface area contributed by atoms with Crippen LogP contribution in [0.2, 0.25) is 5.02 Å². The minimum Gasteiger partial charge on any atom is -0.368 e. The van der Waals surface area contributed by atoms with E-state index in [-0.39, 0.29) is 5.54 Å². The molecule has 0 aliphatic carbocycles. The smallest absolute Gasteiger partial charge is 0.0471 e. The van der Waals surface area contributed by atoms with Gasteiger partial charge in [0.15, 0.2) is 0 Å². The van der Waals surface area contributed by atoms with E-state index in [1.807, 2.05) is 0 Å². The molecular formula is C18H29ClN2. The van der Waals surface area contributed by atoms with Crippen LogP contribution in [0.25, 0.3) is 0 Å². The molecule has 21 heavy (non-hydrogen) atoms. The lowest BCUT2D eigenvalue weighted by atomic mass is 10.0. The van der Waals surface area contributed by atoms with Gasteiger partial charge in [-0.1, -0.05) is 31.5 Å². The maximum absolute atomic E-state index is 6.50. The van der Waals surface area contributed by atoms with Gasteiger partial charge in [0.25, 0.3) is 0 Å². The van der Waals surface area contributed by atoms with E-state index in [1.165, 1.54) is 24.1 Å². The Bertz CT molecular complexity index is 477. The van der Waals surface area contributed by atoms with Crippen molar-refractivity contribution in [3.63, 3.8) is 0 Å². The number of anilines is 1. The van der Waals surface area contributed by atoms with Crippen molar-refractivity contribution in [3.05, 3.63) is 28.8 Å². The Balaban J connectivity index is 2.11. The fourth-order valence-corrected chi connectivity index (χ4v) is 3.27. The molecule has 1 aliphatic rings. The maximum atomic E-state index is 6.50. The molecule has 3 heteroatoms. The molecule has 1 aliphatic heterocycles. The quantitative estimate of drug-likeness (QED) is 0.855. The Hall–Kier alpha value is -0.730. The van der Waals surface area contributed by atoms with Crippen LogP contribution in [0.15, 0.2) is 18.2 Å². The van der Waals surface area contributed by atoms with E-state index in [9.17, 15) is 0 Å². The molecule has 1 heterocycles. The standard InChI is InChI=1S/C18H29ClN2/c1-13(2)17-7-6-10-21(17)15-9-8-14(16(19)11-15)12-20-18(3,4)5/h8-9,11,13,17,20H,6-7,10,12H2,1-5H3. The summed E-state index contributed by atoms with van der Waals surface area (Å²) in [6, 6.07) is 7.19. The highest BCUT2D eigenvalue weighted by atomic mass is 35.5. The molecule has 0 radical (unpaired) electrons. The van der Waals surface area contributed by atoms with Crippen LogP contribution in [0, 0.1) is 5.92 Å². The van der Waals surface area contributed by atoms with Gasteiger partial charge in [-0.3, -0.25) is 0 Å². The third-order valence-corrected chi connectivity index (χ3v) is 4.60. The molecule has 1 aromatic rings. The summed E-state index contributed by atoms with van der Waals surface area (Å²) >= 11 is 6.50. The summed E-state index contributed by atoms with van der Waals surface area (Å²) in [6.07, 6.45) is 2.58. The van der Waals surface area contributed by atoms with Crippen molar-refractivity contribution < 1.29 is 0 Å². The van der Waals surface area contributed by atoms with Gasteiger partial charge in [0.2, 0.25) is 0 Å². The van der Waals surface area contributed by atoms with Crippen LogP contribution in [0.1, 0.15) is 53.0 Å². The summed E-state index contributed by atoms with van der Waals surface area (Å²) in [6.45, 7) is 13.1. The highest BCUT2D eigenvalue weighted by Gasteiger charge is 2.27. The lowest BCUT2D eigenvalue weighted by Gasteiger charge is -2.30. The van der Waals surface area contributed by atoms with Gasteiger partial charge in [-0.25, -0.2) is 0 Å². The Morgan fingerprint density at radius 2 is 2.05 bits per heavy atom. The Kier molecular flexibility index (Phi) is 5.21. The first-order valence-electron chi connectivity index (χ1n) is 8.08. The van der Waals surface area contributed by atoms with E-state index < -0.39 is 0 Å². The lowest BCUT2D eigenvalue weighted by Crippen LogP contribution is -2.35. The summed E-state index contributed by atoms with van der Waals surface area (Å²) in [7, 11) is 0. The number of nitrogens with one attached hydrogen (secondary N) is 1. The first-order valence-corrected chi connectivity index (χ1v) is 8.46. The van der Waals surface area contributed by atoms with Crippen molar-refractivity contribution in [3.8, 4) is 0 Å². The van der Waals surface area contributed by atoms with Crippen LogP contribution < -0.4 is 10.2 Å². The minimum atomic E-state index is 0.111. The van der Waals surface area contributed by atoms with E-state index in [4.69, 9.17) is 11.6 Å². The van der Waals surface area contributed by atoms with Crippen molar-refractivity contribution >= 4 is 17.3 Å². The lowest BCUT2D eigenvalue weighted by molar-refractivity contribution is 0.424. The van der Waals surface area contributed by atoms with Gasteiger partial charge in [0.1, 0.15) is 0 Å². The summed E-state index contributed by atoms with van der Waals surface area (Å²) in [5.41, 5.74) is 2.56. The highest BCUT2D eigenvalue weighted by Crippen LogP contribution is 2.32. The molecular weight excluding hydrogens is 280 g/mol. The summed E-state index contributed by atoms with van der Waals surface area (Å²) in [5.74, 6) is 0.688. The molecule has 1 fully saturated rings. The van der Waals surface area contributed by atoms with Crippen LogP contribution in [0.4, 0.5) is 5.69 Å². The zero-order valence-electron chi connectivity index (χ0n) is 14.0. The first kappa shape index (κ1) is 16.6. The van der Waals surface area contributed by atoms with Crippen molar-refractivity contribution in [2.24, 2.45) is 5.92 Å². The number of hydrogen-bond donors (Lipinski definition) is 1. The molecule has 118 valence electrons. The third kappa shape index (κ3) is 4.37. The fourth-order valence-electron chi connectivity index (χ4n) is 3.02. The van der Waals surface area contributed by atoms with Crippen LogP contribution in [-0.2, 0) is 6.54 Å². The molecule has 1 atom stereocenters. The fraction of sp³-hybridized carbons (Fsp3) is 0.667. The molecule has 2 nitrogen and oxygen atoms in total. The molecule has 1 saturated heterocycles. The van der Waals surface area contributed by atoms with Crippen molar-refractivity contribution in [2.45, 2.75) is 65.6 Å². The van der Waals surface area contributed by atoms with E-state index in [0.29, 0.717) is 12.0 Å². The second-order valence-electron chi connectivity index (χ2n) is 7.53. The second-order valence-corrected chi connectivity index (χ2v) is 7.93. The van der Waals surface area contributed by atoms with Gasteiger partial charge < -0.3 is 10.2 Å². The molecule has 2 rings (SSSR count). The predicted molar refractivity (Wildman–Crippen MR) is 93.3 cm³/mol. The van der Waals surface area contributed by atoms with Crippen LogP contribution >= 0.6 is 11.6 Å². The number of hydrogen-bond acceptors (Lipinski definition) is 2. The summed E-state index contributed by atoms with van der Waals surface area (Å²) in [4.78, 5) is 2.53. The number of benzene rings is 1. The van der Waals surface area contributed by atoms with Crippen LogP contribution in [-0.4, -0.2) is 18.1 Å². The molecule has 0 amide bonds. The van der Waals surface area contributed by atoms with Gasteiger partial charge >= 0.3 is 0 Å². The number of halogens is 1. The van der Waals surface area contributed by atoms with Gasteiger partial charge in [-0.15, -0.1) is 0 Å². The normalized spacial score (nSPS) is 19.6. The van der Waals surface area contributed by atoms with Crippen molar-refractivity contribution in [1.29, 1.82) is 0 Å². The zero-order valence-corrected chi connectivity index (χ0v) is 14.8. The predicted octanol–water partition coefficient (Wildman–Crippen LogP) is 4.85. The SMILES string of the molecule is CC(C)C1CCCN1c1ccc(CNC(C)(C)C)c(Cl)c1. The molecule has 1 aromatic carbocycles. The Morgan fingerprint density at radius 1 is 1.33 bits per heavy atom. The Morgan fingerprint density at radius 3 is 2.62 bits per heavy atom. The minimum absolute atomic E-state index is 0.111. The van der Waals surface area contributed by atoms with E-state index in [0.717, 1.165) is 18.1 Å². The largest absolute Gasteiger partial charge is 0.368 e. The molecule has 0 saturated carbocycles. The number of rotatable bonds is 4. The highest BCUT2D eigenvalue weighted by molar-refractivity contribution is 6.31. The zero-order chi connectivity index (χ0) is 15.6. The van der Waals surface area contributed by atoms with Crippen molar-refractivity contribution in [2.75, 3.05) is 11.4 Å². The Labute approximate surface area is 134 Å².